The summed E-state index contributed by atoms with van der Waals surface area (Å²) in [6, 6.07) is 16.4. The molecule has 6 nitrogen and oxygen atoms in total. The van der Waals surface area contributed by atoms with E-state index in [1.165, 1.54) is 4.90 Å². The molecule has 0 saturated carbocycles. The first-order valence-electron chi connectivity index (χ1n) is 11.2. The number of amides is 2. The zero-order valence-electron chi connectivity index (χ0n) is 19.1. The lowest BCUT2D eigenvalue weighted by Gasteiger charge is -2.28. The summed E-state index contributed by atoms with van der Waals surface area (Å²) in [5.74, 6) is -1.74. The molecule has 0 bridgehead atoms. The van der Waals surface area contributed by atoms with Crippen LogP contribution in [0.3, 0.4) is 0 Å². The molecule has 35 heavy (non-hydrogen) atoms. The zero-order valence-corrected chi connectivity index (χ0v) is 20.6. The van der Waals surface area contributed by atoms with Gasteiger partial charge in [0.25, 0.3) is 11.8 Å². The Hall–Kier alpha value is -3.35. The number of aryl methyl sites for hydroxylation is 2. The number of anilines is 1. The summed E-state index contributed by atoms with van der Waals surface area (Å²) in [6.07, 6.45) is 1.57. The highest BCUT2D eigenvalue weighted by Gasteiger charge is 2.33. The molecule has 0 aromatic heterocycles. The smallest absolute Gasteiger partial charge is 0.326 e. The van der Waals surface area contributed by atoms with Crippen LogP contribution in [-0.2, 0) is 17.6 Å². The van der Waals surface area contributed by atoms with Crippen molar-refractivity contribution >= 4 is 46.7 Å². The Morgan fingerprint density at radius 3 is 2.34 bits per heavy atom. The normalized spacial score (nSPS) is 14.1. The van der Waals surface area contributed by atoms with Gasteiger partial charge < -0.3 is 15.3 Å². The summed E-state index contributed by atoms with van der Waals surface area (Å²) in [4.78, 5) is 39.6. The first-order chi connectivity index (χ1) is 16.8. The summed E-state index contributed by atoms with van der Waals surface area (Å²) in [6.45, 7) is 2.25. The van der Waals surface area contributed by atoms with Crippen LogP contribution in [0.2, 0.25) is 10.0 Å². The second kappa shape index (κ2) is 10.5. The lowest BCUT2D eigenvalue weighted by Crippen LogP contribution is -2.46. The molecule has 8 heteroatoms. The average molecular weight is 511 g/mol. The lowest BCUT2D eigenvalue weighted by molar-refractivity contribution is -0.142. The number of carboxylic acids is 1. The lowest BCUT2D eigenvalue weighted by atomic mass is 9.98. The third-order valence-corrected chi connectivity index (χ3v) is 6.80. The van der Waals surface area contributed by atoms with Gasteiger partial charge >= 0.3 is 5.97 Å². The van der Waals surface area contributed by atoms with Gasteiger partial charge in [-0.05, 0) is 60.7 Å². The predicted molar refractivity (Wildman–Crippen MR) is 137 cm³/mol. The molecule has 3 aromatic rings. The molecular weight excluding hydrogens is 487 g/mol. The van der Waals surface area contributed by atoms with Crippen molar-refractivity contribution in [3.63, 3.8) is 0 Å². The van der Waals surface area contributed by atoms with E-state index >= 15 is 0 Å². The maximum absolute atomic E-state index is 13.4. The number of benzene rings is 3. The summed E-state index contributed by atoms with van der Waals surface area (Å²) < 4.78 is 0. The zero-order chi connectivity index (χ0) is 25.1. The SMILES string of the molecule is Cc1cccc2c1C(=O)N([C@@H](Cc1ccc(NC(=O)c3c(Cl)cccc3Cl)cc1)C(=O)O)CCC2. The number of halogens is 2. The predicted octanol–water partition coefficient (Wildman–Crippen LogP) is 5.64. The highest BCUT2D eigenvalue weighted by molar-refractivity contribution is 6.40. The van der Waals surface area contributed by atoms with E-state index in [9.17, 15) is 19.5 Å². The molecule has 0 unspecified atom stereocenters. The molecule has 2 amide bonds. The minimum absolute atomic E-state index is 0.146. The maximum Gasteiger partial charge on any atom is 0.326 e. The molecule has 1 aliphatic heterocycles. The summed E-state index contributed by atoms with van der Waals surface area (Å²) in [5.41, 5.74) is 3.83. The maximum atomic E-state index is 13.4. The molecule has 0 aliphatic carbocycles. The summed E-state index contributed by atoms with van der Waals surface area (Å²) >= 11 is 12.2. The van der Waals surface area contributed by atoms with E-state index in [1.807, 2.05) is 25.1 Å². The number of hydrogen-bond acceptors (Lipinski definition) is 3. The third-order valence-electron chi connectivity index (χ3n) is 6.17. The van der Waals surface area contributed by atoms with Gasteiger partial charge in [-0.3, -0.25) is 9.59 Å². The Balaban J connectivity index is 1.51. The highest BCUT2D eigenvalue weighted by atomic mass is 35.5. The van der Waals surface area contributed by atoms with Crippen LogP contribution >= 0.6 is 23.2 Å². The van der Waals surface area contributed by atoms with Gasteiger partial charge in [0, 0.05) is 24.2 Å². The number of carboxylic acid groups (broad SMARTS) is 1. The van der Waals surface area contributed by atoms with Crippen LogP contribution in [-0.4, -0.2) is 40.4 Å². The van der Waals surface area contributed by atoms with Crippen molar-refractivity contribution in [2.24, 2.45) is 0 Å². The van der Waals surface area contributed by atoms with Crippen molar-refractivity contribution < 1.29 is 19.5 Å². The molecule has 1 aliphatic rings. The standard InChI is InChI=1S/C27H24Cl2N2O4/c1-16-5-2-6-18-7-4-14-31(26(33)23(16)18)22(27(34)35)15-17-10-12-19(13-11-17)30-25(32)24-20(28)8-3-9-21(24)29/h2-3,5-6,8-13,22H,4,7,14-15H2,1H3,(H,30,32)(H,34,35)/t22-/m0/s1. The number of carbonyl (C=O) groups is 3. The molecule has 1 atom stereocenters. The molecule has 0 radical (unpaired) electrons. The van der Waals surface area contributed by atoms with Gasteiger partial charge in [0.2, 0.25) is 0 Å². The van der Waals surface area contributed by atoms with Gasteiger partial charge in [-0.25, -0.2) is 4.79 Å². The third kappa shape index (κ3) is 5.34. The fourth-order valence-electron chi connectivity index (χ4n) is 4.41. The van der Waals surface area contributed by atoms with Crippen molar-refractivity contribution in [1.29, 1.82) is 0 Å². The minimum Gasteiger partial charge on any atom is -0.480 e. The Morgan fingerprint density at radius 2 is 1.69 bits per heavy atom. The number of carbonyl (C=O) groups excluding carboxylic acids is 2. The quantitative estimate of drug-likeness (QED) is 0.449. The van der Waals surface area contributed by atoms with Crippen LogP contribution in [0.4, 0.5) is 5.69 Å². The first kappa shape index (κ1) is 24.8. The van der Waals surface area contributed by atoms with Gasteiger partial charge in [0.05, 0.1) is 15.6 Å². The number of hydrogen-bond donors (Lipinski definition) is 2. The van der Waals surface area contributed by atoms with Gasteiger partial charge in [0.15, 0.2) is 0 Å². The monoisotopic (exact) mass is 510 g/mol. The molecule has 180 valence electrons. The van der Waals surface area contributed by atoms with Crippen molar-refractivity contribution in [3.05, 3.63) is 98.5 Å². The number of fused-ring (bicyclic) bond motifs is 1. The van der Waals surface area contributed by atoms with E-state index in [2.05, 4.69) is 5.32 Å². The molecule has 3 aromatic carbocycles. The Morgan fingerprint density at radius 1 is 1.03 bits per heavy atom. The fourth-order valence-corrected chi connectivity index (χ4v) is 4.98. The van der Waals surface area contributed by atoms with Crippen molar-refractivity contribution in [3.8, 4) is 0 Å². The second-order valence-corrected chi connectivity index (χ2v) is 9.33. The summed E-state index contributed by atoms with van der Waals surface area (Å²) in [5, 5.41) is 13.2. The minimum atomic E-state index is -1.05. The average Bonchev–Trinajstić information content (AvgIpc) is 2.97. The number of rotatable bonds is 6. The Labute approximate surface area is 213 Å². The van der Waals surface area contributed by atoms with Gasteiger partial charge in [-0.1, -0.05) is 59.6 Å². The number of aliphatic carboxylic acids is 1. The molecule has 0 fully saturated rings. The van der Waals surface area contributed by atoms with E-state index in [-0.39, 0.29) is 27.9 Å². The van der Waals surface area contributed by atoms with E-state index in [1.54, 1.807) is 42.5 Å². The van der Waals surface area contributed by atoms with E-state index in [0.717, 1.165) is 23.1 Å². The second-order valence-electron chi connectivity index (χ2n) is 8.52. The van der Waals surface area contributed by atoms with Crippen LogP contribution in [0.5, 0.6) is 0 Å². The van der Waals surface area contributed by atoms with Crippen LogP contribution in [0, 0.1) is 6.92 Å². The number of nitrogens with one attached hydrogen (secondary N) is 1. The van der Waals surface area contributed by atoms with Gasteiger partial charge in [0.1, 0.15) is 6.04 Å². The topological polar surface area (TPSA) is 86.7 Å². The van der Waals surface area contributed by atoms with Crippen molar-refractivity contribution in [1.82, 2.24) is 4.90 Å². The molecule has 0 saturated heterocycles. The molecule has 1 heterocycles. The molecule has 4 rings (SSSR count). The van der Waals surface area contributed by atoms with Crippen molar-refractivity contribution in [2.75, 3.05) is 11.9 Å². The van der Waals surface area contributed by atoms with Gasteiger partial charge in [-0.2, -0.15) is 0 Å². The number of nitrogens with zero attached hydrogens (tertiary/aromatic N) is 1. The van der Waals surface area contributed by atoms with Crippen LogP contribution in [0.1, 0.15) is 43.8 Å². The van der Waals surface area contributed by atoms with Crippen LogP contribution in [0.25, 0.3) is 0 Å². The highest BCUT2D eigenvalue weighted by Crippen LogP contribution is 2.27. The fraction of sp³-hybridized carbons (Fsp3) is 0.222. The van der Waals surface area contributed by atoms with E-state index in [0.29, 0.717) is 24.2 Å². The summed E-state index contributed by atoms with van der Waals surface area (Å²) in [7, 11) is 0. The Kier molecular flexibility index (Phi) is 7.43. The van der Waals surface area contributed by atoms with Crippen LogP contribution in [0.15, 0.2) is 60.7 Å². The largest absolute Gasteiger partial charge is 0.480 e. The van der Waals surface area contributed by atoms with E-state index < -0.39 is 17.9 Å². The Bertz CT molecular complexity index is 1270. The molecular formula is C27H24Cl2N2O4. The van der Waals surface area contributed by atoms with Crippen LogP contribution < -0.4 is 5.32 Å². The van der Waals surface area contributed by atoms with Crippen molar-refractivity contribution in [2.45, 2.75) is 32.2 Å². The molecule has 2 N–H and O–H groups in total. The molecule has 0 spiro atoms. The van der Waals surface area contributed by atoms with E-state index in [4.69, 9.17) is 23.2 Å². The first-order valence-corrected chi connectivity index (χ1v) is 12.0. The van der Waals surface area contributed by atoms with Gasteiger partial charge in [-0.15, -0.1) is 0 Å².